The van der Waals surface area contributed by atoms with Gasteiger partial charge in [-0.15, -0.1) is 0 Å². The molecule has 0 bridgehead atoms. The molecule has 1 aliphatic rings. The van der Waals surface area contributed by atoms with Crippen LogP contribution in [0.5, 0.6) is 0 Å². The molecule has 116 valence electrons. The first-order valence-corrected chi connectivity index (χ1v) is 7.60. The van der Waals surface area contributed by atoms with Crippen LogP contribution < -0.4 is 10.6 Å². The van der Waals surface area contributed by atoms with Gasteiger partial charge < -0.3 is 15.5 Å². The molecule has 1 aliphatic heterocycles. The minimum absolute atomic E-state index is 0.119. The second-order valence-electron chi connectivity index (χ2n) is 5.88. The normalized spacial score (nSPS) is 16.0. The lowest BCUT2D eigenvalue weighted by Crippen LogP contribution is -2.44. The van der Waals surface area contributed by atoms with Crippen molar-refractivity contribution in [1.29, 1.82) is 0 Å². The average Bonchev–Trinajstić information content (AvgIpc) is 2.45. The Balaban J connectivity index is 1.98. The number of benzene rings is 1. The van der Waals surface area contributed by atoms with Gasteiger partial charge in [-0.2, -0.15) is 0 Å². The predicted molar refractivity (Wildman–Crippen MR) is 82.9 cm³/mol. The summed E-state index contributed by atoms with van der Waals surface area (Å²) in [5.74, 6) is 0.189. The van der Waals surface area contributed by atoms with Gasteiger partial charge in [0.25, 0.3) is 0 Å². The number of anilines is 1. The highest BCUT2D eigenvalue weighted by Crippen LogP contribution is 2.17. The van der Waals surface area contributed by atoms with Gasteiger partial charge in [-0.1, -0.05) is 6.07 Å². The summed E-state index contributed by atoms with van der Waals surface area (Å²) in [5, 5.41) is 6.12. The molecule has 0 radical (unpaired) electrons. The number of halogens is 1. The minimum atomic E-state index is -0.345. The zero-order chi connectivity index (χ0) is 15.2. The van der Waals surface area contributed by atoms with Gasteiger partial charge >= 0.3 is 6.03 Å². The van der Waals surface area contributed by atoms with Gasteiger partial charge in [-0.25, -0.2) is 9.18 Å². The monoisotopic (exact) mass is 293 g/mol. The van der Waals surface area contributed by atoms with Crippen molar-refractivity contribution < 1.29 is 9.18 Å². The standard InChI is InChI=1S/C16H24FN3O/c1-12(2)20(11-13-6-8-18-9-7-13)16(21)19-15-5-3-4-14(17)10-15/h3-5,10,12-13,18H,6-9,11H2,1-2H3,(H,19,21). The topological polar surface area (TPSA) is 44.4 Å². The first kappa shape index (κ1) is 15.8. The zero-order valence-electron chi connectivity index (χ0n) is 12.7. The number of nitrogens with one attached hydrogen (secondary N) is 2. The fraction of sp³-hybridized carbons (Fsp3) is 0.562. The van der Waals surface area contributed by atoms with Crippen molar-refractivity contribution in [2.75, 3.05) is 25.0 Å². The van der Waals surface area contributed by atoms with Gasteiger partial charge in [-0.05, 0) is 63.9 Å². The van der Waals surface area contributed by atoms with Crippen molar-refractivity contribution in [3.8, 4) is 0 Å². The van der Waals surface area contributed by atoms with E-state index in [1.165, 1.54) is 12.1 Å². The Morgan fingerprint density at radius 2 is 2.14 bits per heavy atom. The maximum atomic E-state index is 13.2. The summed E-state index contributed by atoms with van der Waals surface area (Å²) in [5.41, 5.74) is 0.496. The van der Waals surface area contributed by atoms with Crippen LogP contribution in [0.1, 0.15) is 26.7 Å². The van der Waals surface area contributed by atoms with Crippen LogP contribution in [0, 0.1) is 11.7 Å². The lowest BCUT2D eigenvalue weighted by molar-refractivity contribution is 0.175. The van der Waals surface area contributed by atoms with Gasteiger partial charge in [-0.3, -0.25) is 0 Å². The lowest BCUT2D eigenvalue weighted by atomic mass is 9.97. The third-order valence-corrected chi connectivity index (χ3v) is 3.87. The zero-order valence-corrected chi connectivity index (χ0v) is 12.7. The fourth-order valence-corrected chi connectivity index (χ4v) is 2.63. The molecule has 0 spiro atoms. The molecule has 1 fully saturated rings. The first-order chi connectivity index (χ1) is 10.1. The number of nitrogens with zero attached hydrogens (tertiary/aromatic N) is 1. The minimum Gasteiger partial charge on any atom is -0.322 e. The molecule has 1 heterocycles. The van der Waals surface area contributed by atoms with Gasteiger partial charge in [0, 0.05) is 18.3 Å². The summed E-state index contributed by atoms with van der Waals surface area (Å²) >= 11 is 0. The van der Waals surface area contributed by atoms with Crippen LogP contribution in [0.2, 0.25) is 0 Å². The van der Waals surface area contributed by atoms with E-state index in [9.17, 15) is 9.18 Å². The number of hydrogen-bond donors (Lipinski definition) is 2. The van der Waals surface area contributed by atoms with Crippen molar-refractivity contribution in [3.05, 3.63) is 30.1 Å². The van der Waals surface area contributed by atoms with Gasteiger partial charge in [0.15, 0.2) is 0 Å². The van der Waals surface area contributed by atoms with E-state index in [2.05, 4.69) is 10.6 Å². The van der Waals surface area contributed by atoms with Crippen LogP contribution in [0.4, 0.5) is 14.9 Å². The molecule has 0 aromatic heterocycles. The molecular weight excluding hydrogens is 269 g/mol. The molecule has 2 N–H and O–H groups in total. The van der Waals surface area contributed by atoms with Gasteiger partial charge in [0.1, 0.15) is 5.82 Å². The highest BCUT2D eigenvalue weighted by molar-refractivity contribution is 5.89. The molecule has 2 rings (SSSR count). The summed E-state index contributed by atoms with van der Waals surface area (Å²) < 4.78 is 13.2. The van der Waals surface area contributed by atoms with E-state index in [4.69, 9.17) is 0 Å². The molecule has 4 nitrogen and oxygen atoms in total. The Labute approximate surface area is 125 Å². The maximum Gasteiger partial charge on any atom is 0.322 e. The number of urea groups is 1. The van der Waals surface area contributed by atoms with E-state index >= 15 is 0 Å². The van der Waals surface area contributed by atoms with Crippen LogP contribution in [-0.4, -0.2) is 36.6 Å². The fourth-order valence-electron chi connectivity index (χ4n) is 2.63. The predicted octanol–water partition coefficient (Wildman–Crippen LogP) is 3.07. The quantitative estimate of drug-likeness (QED) is 0.896. The lowest BCUT2D eigenvalue weighted by Gasteiger charge is -2.32. The molecule has 0 unspecified atom stereocenters. The van der Waals surface area contributed by atoms with E-state index in [-0.39, 0.29) is 17.9 Å². The van der Waals surface area contributed by atoms with Crippen LogP contribution in [0.25, 0.3) is 0 Å². The molecule has 1 aromatic carbocycles. The Morgan fingerprint density at radius 1 is 1.43 bits per heavy atom. The number of carbonyl (C=O) groups is 1. The summed E-state index contributed by atoms with van der Waals surface area (Å²) in [4.78, 5) is 14.3. The van der Waals surface area contributed by atoms with E-state index < -0.39 is 0 Å². The largest absolute Gasteiger partial charge is 0.322 e. The third-order valence-electron chi connectivity index (χ3n) is 3.87. The van der Waals surface area contributed by atoms with Crippen molar-refractivity contribution in [1.82, 2.24) is 10.2 Å². The molecule has 0 atom stereocenters. The third kappa shape index (κ3) is 4.70. The second kappa shape index (κ2) is 7.41. The summed E-state index contributed by atoms with van der Waals surface area (Å²) in [7, 11) is 0. The van der Waals surface area contributed by atoms with Crippen LogP contribution in [0.3, 0.4) is 0 Å². The summed E-state index contributed by atoms with van der Waals surface area (Å²) in [6, 6.07) is 5.95. The van der Waals surface area contributed by atoms with Gasteiger partial charge in [0.05, 0.1) is 0 Å². The SMILES string of the molecule is CC(C)N(CC1CCNCC1)C(=O)Nc1cccc(F)c1. The Kier molecular flexibility index (Phi) is 5.56. The number of amides is 2. The number of hydrogen-bond acceptors (Lipinski definition) is 2. The van der Waals surface area contributed by atoms with E-state index in [0.29, 0.717) is 11.6 Å². The Hall–Kier alpha value is -1.62. The van der Waals surface area contributed by atoms with E-state index in [0.717, 1.165) is 32.5 Å². The maximum absolute atomic E-state index is 13.2. The van der Waals surface area contributed by atoms with E-state index in [1.54, 1.807) is 12.1 Å². The highest BCUT2D eigenvalue weighted by atomic mass is 19.1. The van der Waals surface area contributed by atoms with Crippen molar-refractivity contribution in [2.24, 2.45) is 5.92 Å². The molecule has 21 heavy (non-hydrogen) atoms. The van der Waals surface area contributed by atoms with Gasteiger partial charge in [0.2, 0.25) is 0 Å². The first-order valence-electron chi connectivity index (χ1n) is 7.60. The van der Waals surface area contributed by atoms with E-state index in [1.807, 2.05) is 18.7 Å². The molecule has 0 aliphatic carbocycles. The second-order valence-corrected chi connectivity index (χ2v) is 5.88. The summed E-state index contributed by atoms with van der Waals surface area (Å²) in [6.45, 7) is 6.79. The smallest absolute Gasteiger partial charge is 0.322 e. The average molecular weight is 293 g/mol. The molecule has 2 amide bonds. The van der Waals surface area contributed by atoms with Crippen LogP contribution in [0.15, 0.2) is 24.3 Å². The Bertz CT molecular complexity index is 472. The molecular formula is C16H24FN3O. The molecule has 0 saturated carbocycles. The van der Waals surface area contributed by atoms with Crippen molar-refractivity contribution in [2.45, 2.75) is 32.7 Å². The Morgan fingerprint density at radius 3 is 2.76 bits per heavy atom. The van der Waals surface area contributed by atoms with Crippen LogP contribution >= 0.6 is 0 Å². The molecule has 1 aromatic rings. The number of carbonyl (C=O) groups excluding carboxylic acids is 1. The highest BCUT2D eigenvalue weighted by Gasteiger charge is 2.23. The molecule has 5 heteroatoms. The summed E-state index contributed by atoms with van der Waals surface area (Å²) in [6.07, 6.45) is 2.19. The number of piperidine rings is 1. The van der Waals surface area contributed by atoms with Crippen molar-refractivity contribution in [3.63, 3.8) is 0 Å². The van der Waals surface area contributed by atoms with Crippen LogP contribution in [-0.2, 0) is 0 Å². The number of rotatable bonds is 4. The van der Waals surface area contributed by atoms with Crippen molar-refractivity contribution >= 4 is 11.7 Å². The molecule has 1 saturated heterocycles.